The minimum absolute atomic E-state index is 0.208. The van der Waals surface area contributed by atoms with Crippen molar-refractivity contribution < 1.29 is 14.3 Å². The Kier molecular flexibility index (Phi) is 3.98. The molecule has 0 radical (unpaired) electrons. The molecular formula is C21H26O3. The third-order valence-corrected chi connectivity index (χ3v) is 6.56. The lowest BCUT2D eigenvalue weighted by atomic mass is 9.55. The van der Waals surface area contributed by atoms with Crippen molar-refractivity contribution in [1.29, 1.82) is 0 Å². The number of cyclic esters (lactones) is 1. The number of ether oxygens (including phenoxy) is 1. The van der Waals surface area contributed by atoms with Gasteiger partial charge in [-0.2, -0.15) is 0 Å². The number of rotatable bonds is 1. The van der Waals surface area contributed by atoms with Gasteiger partial charge in [0.2, 0.25) is 0 Å². The van der Waals surface area contributed by atoms with Gasteiger partial charge in [0.1, 0.15) is 11.5 Å². The average Bonchev–Trinajstić information content (AvgIpc) is 2.66. The van der Waals surface area contributed by atoms with Gasteiger partial charge in [0.05, 0.1) is 5.41 Å². The van der Waals surface area contributed by atoms with Crippen LogP contribution in [0, 0.1) is 10.8 Å². The average molecular weight is 326 g/mol. The third-order valence-electron chi connectivity index (χ3n) is 6.56. The molecule has 3 nitrogen and oxygen atoms in total. The Morgan fingerprint density at radius 2 is 1.38 bits per heavy atom. The van der Waals surface area contributed by atoms with Gasteiger partial charge >= 0.3 is 5.97 Å². The summed E-state index contributed by atoms with van der Waals surface area (Å²) in [5, 5.41) is 0. The molecular weight excluding hydrogens is 300 g/mol. The number of benzene rings is 1. The molecule has 3 fully saturated rings. The monoisotopic (exact) mass is 326 g/mol. The summed E-state index contributed by atoms with van der Waals surface area (Å²) in [4.78, 5) is 26.7. The lowest BCUT2D eigenvalue weighted by molar-refractivity contribution is -0.198. The molecule has 128 valence electrons. The summed E-state index contributed by atoms with van der Waals surface area (Å²) in [7, 11) is 0. The van der Waals surface area contributed by atoms with E-state index in [2.05, 4.69) is 0 Å². The maximum atomic E-state index is 13.8. The van der Waals surface area contributed by atoms with E-state index in [0.717, 1.165) is 50.5 Å². The van der Waals surface area contributed by atoms with Crippen LogP contribution in [0.3, 0.4) is 0 Å². The van der Waals surface area contributed by atoms with E-state index in [0.29, 0.717) is 12.8 Å². The van der Waals surface area contributed by atoms with Crippen LogP contribution < -0.4 is 0 Å². The first-order valence-corrected chi connectivity index (χ1v) is 9.50. The van der Waals surface area contributed by atoms with Crippen LogP contribution in [0.2, 0.25) is 0 Å². The van der Waals surface area contributed by atoms with Crippen molar-refractivity contribution in [1.82, 2.24) is 0 Å². The van der Waals surface area contributed by atoms with E-state index in [4.69, 9.17) is 4.74 Å². The Morgan fingerprint density at radius 1 is 0.792 bits per heavy atom. The minimum atomic E-state index is -0.846. The van der Waals surface area contributed by atoms with Crippen LogP contribution in [0.1, 0.15) is 75.9 Å². The number of ketones is 1. The van der Waals surface area contributed by atoms with Crippen LogP contribution in [0.25, 0.3) is 0 Å². The van der Waals surface area contributed by atoms with Crippen molar-refractivity contribution in [3.63, 3.8) is 0 Å². The summed E-state index contributed by atoms with van der Waals surface area (Å²) >= 11 is 0. The summed E-state index contributed by atoms with van der Waals surface area (Å²) in [5.41, 5.74) is -0.363. The molecule has 0 N–H and O–H groups in total. The van der Waals surface area contributed by atoms with Crippen molar-refractivity contribution in [2.24, 2.45) is 10.8 Å². The first-order chi connectivity index (χ1) is 11.7. The lowest BCUT2D eigenvalue weighted by Gasteiger charge is -2.52. The lowest BCUT2D eigenvalue weighted by Crippen LogP contribution is -2.58. The second-order valence-electron chi connectivity index (χ2n) is 7.88. The number of Topliss-reactive ketones (excluding diaryl/α,β-unsaturated/α-hetero) is 1. The summed E-state index contributed by atoms with van der Waals surface area (Å²) in [6, 6.07) is 9.90. The fourth-order valence-electron chi connectivity index (χ4n) is 5.29. The quantitative estimate of drug-likeness (QED) is 0.552. The van der Waals surface area contributed by atoms with E-state index in [1.54, 1.807) is 0 Å². The van der Waals surface area contributed by atoms with Gasteiger partial charge in [-0.05, 0) is 31.2 Å². The van der Waals surface area contributed by atoms with Gasteiger partial charge in [-0.25, -0.2) is 0 Å². The van der Waals surface area contributed by atoms with E-state index in [1.807, 2.05) is 30.3 Å². The van der Waals surface area contributed by atoms with Crippen LogP contribution in [0.15, 0.2) is 30.3 Å². The van der Waals surface area contributed by atoms with Gasteiger partial charge in [-0.1, -0.05) is 68.9 Å². The van der Waals surface area contributed by atoms with Gasteiger partial charge < -0.3 is 4.74 Å². The van der Waals surface area contributed by atoms with Crippen LogP contribution in [-0.4, -0.2) is 11.8 Å². The zero-order valence-electron chi connectivity index (χ0n) is 14.3. The fourth-order valence-corrected chi connectivity index (χ4v) is 5.29. The number of esters is 1. The van der Waals surface area contributed by atoms with Gasteiger partial charge in [-0.3, -0.25) is 9.59 Å². The second kappa shape index (κ2) is 6.02. The molecule has 4 rings (SSSR count). The molecule has 1 aromatic rings. The van der Waals surface area contributed by atoms with Gasteiger partial charge in [-0.15, -0.1) is 0 Å². The maximum Gasteiger partial charge on any atom is 0.320 e. The fraction of sp³-hybridized carbons (Fsp3) is 0.619. The predicted molar refractivity (Wildman–Crippen MR) is 91.3 cm³/mol. The van der Waals surface area contributed by atoms with E-state index >= 15 is 0 Å². The summed E-state index contributed by atoms with van der Waals surface area (Å²) in [6.07, 6.45) is 9.05. The second-order valence-corrected chi connectivity index (χ2v) is 7.88. The number of hydrogen-bond donors (Lipinski definition) is 0. The highest BCUT2D eigenvalue weighted by atomic mass is 16.5. The molecule has 1 heterocycles. The minimum Gasteiger partial charge on any atom is -0.456 e. The topological polar surface area (TPSA) is 43.4 Å². The molecule has 0 amide bonds. The summed E-state index contributed by atoms with van der Waals surface area (Å²) < 4.78 is 6.07. The van der Waals surface area contributed by atoms with Crippen molar-refractivity contribution in [3.05, 3.63) is 35.9 Å². The van der Waals surface area contributed by atoms with Crippen LogP contribution in [0.5, 0.6) is 0 Å². The molecule has 3 aliphatic rings. The Hall–Kier alpha value is -1.64. The van der Waals surface area contributed by atoms with E-state index in [1.165, 1.54) is 6.42 Å². The number of hydrogen-bond acceptors (Lipinski definition) is 3. The van der Waals surface area contributed by atoms with E-state index in [9.17, 15) is 9.59 Å². The first-order valence-electron chi connectivity index (χ1n) is 9.50. The Bertz CT molecular complexity index is 622. The van der Waals surface area contributed by atoms with Crippen LogP contribution in [0.4, 0.5) is 0 Å². The standard InChI is InChI=1S/C21H26O3/c22-18-20(12-6-2-7-13-20)17(16-10-4-1-5-11-16)24-19(23)21(18)14-8-3-9-15-21/h1,4-5,10-11,17H,2-3,6-9,12-15H2. The van der Waals surface area contributed by atoms with Gasteiger partial charge in [0.25, 0.3) is 0 Å². The molecule has 2 aliphatic carbocycles. The zero-order chi connectivity index (χ0) is 16.6. The van der Waals surface area contributed by atoms with Crippen molar-refractivity contribution in [2.45, 2.75) is 70.3 Å². The highest BCUT2D eigenvalue weighted by molar-refractivity contribution is 6.09. The third kappa shape index (κ3) is 2.24. The first kappa shape index (κ1) is 15.9. The smallest absolute Gasteiger partial charge is 0.320 e. The Morgan fingerprint density at radius 3 is 2.00 bits per heavy atom. The number of carbonyl (C=O) groups is 2. The molecule has 1 saturated heterocycles. The summed E-state index contributed by atoms with van der Waals surface area (Å²) in [6.45, 7) is 0. The van der Waals surface area contributed by atoms with E-state index in [-0.39, 0.29) is 11.8 Å². The van der Waals surface area contributed by atoms with Crippen molar-refractivity contribution >= 4 is 11.8 Å². The molecule has 1 aromatic carbocycles. The van der Waals surface area contributed by atoms with Gasteiger partial charge in [0.15, 0.2) is 5.78 Å². The maximum absolute atomic E-state index is 13.8. The molecule has 3 heteroatoms. The normalized spacial score (nSPS) is 28.8. The molecule has 2 saturated carbocycles. The molecule has 0 bridgehead atoms. The zero-order valence-corrected chi connectivity index (χ0v) is 14.3. The largest absolute Gasteiger partial charge is 0.456 e. The molecule has 1 aliphatic heterocycles. The van der Waals surface area contributed by atoms with Gasteiger partial charge in [0, 0.05) is 0 Å². The summed E-state index contributed by atoms with van der Waals surface area (Å²) in [5.74, 6) is -0.0447. The molecule has 1 unspecified atom stereocenters. The molecule has 0 aromatic heterocycles. The van der Waals surface area contributed by atoms with Crippen LogP contribution >= 0.6 is 0 Å². The highest BCUT2D eigenvalue weighted by Gasteiger charge is 2.63. The highest BCUT2D eigenvalue weighted by Crippen LogP contribution is 2.58. The number of carbonyl (C=O) groups excluding carboxylic acids is 2. The Balaban J connectivity index is 1.79. The van der Waals surface area contributed by atoms with Crippen molar-refractivity contribution in [2.75, 3.05) is 0 Å². The van der Waals surface area contributed by atoms with Crippen molar-refractivity contribution in [3.8, 4) is 0 Å². The SMILES string of the molecule is O=C1OC(c2ccccc2)C2(CCCCC2)C(=O)C12CCCCC2. The van der Waals surface area contributed by atoms with Crippen LogP contribution in [-0.2, 0) is 14.3 Å². The van der Waals surface area contributed by atoms with E-state index < -0.39 is 16.9 Å². The molecule has 2 spiro atoms. The molecule has 24 heavy (non-hydrogen) atoms. The molecule has 1 atom stereocenters. The predicted octanol–water partition coefficient (Wildman–Crippen LogP) is 4.75. The Labute approximate surface area is 143 Å².